The second kappa shape index (κ2) is 3.91. The fourth-order valence-corrected chi connectivity index (χ4v) is 4.92. The molecule has 3 saturated carbocycles. The van der Waals surface area contributed by atoms with Crippen molar-refractivity contribution in [3.05, 3.63) is 35.1 Å². The number of halogens is 1. The fraction of sp³-hybridized carbons (Fsp3) is 0.588. The van der Waals surface area contributed by atoms with Gasteiger partial charge in [0.05, 0.1) is 0 Å². The van der Waals surface area contributed by atoms with Gasteiger partial charge in [0.25, 0.3) is 0 Å². The molecule has 0 aliphatic heterocycles. The van der Waals surface area contributed by atoms with Crippen LogP contribution in [0.1, 0.15) is 30.4 Å². The molecular formula is C17H19FO. The first-order chi connectivity index (χ1) is 9.15. The van der Waals surface area contributed by atoms with Crippen LogP contribution in [-0.2, 0) is 11.2 Å². The summed E-state index contributed by atoms with van der Waals surface area (Å²) in [6, 6.07) is 4.77. The van der Waals surface area contributed by atoms with E-state index >= 15 is 0 Å². The zero-order valence-corrected chi connectivity index (χ0v) is 11.2. The number of hydrogen-bond donors (Lipinski definition) is 0. The van der Waals surface area contributed by atoms with E-state index in [0.717, 1.165) is 23.0 Å². The molecule has 19 heavy (non-hydrogen) atoms. The lowest BCUT2D eigenvalue weighted by Gasteiger charge is -2.09. The predicted molar refractivity (Wildman–Crippen MR) is 71.1 cm³/mol. The van der Waals surface area contributed by atoms with Crippen molar-refractivity contribution >= 4 is 5.78 Å². The monoisotopic (exact) mass is 258 g/mol. The molecule has 100 valence electrons. The van der Waals surface area contributed by atoms with Gasteiger partial charge in [-0.05, 0) is 73.1 Å². The molecule has 1 aromatic carbocycles. The number of Topliss-reactive ketones (excluding diaryl/α,β-unsaturated/α-hetero) is 1. The van der Waals surface area contributed by atoms with E-state index in [9.17, 15) is 9.18 Å². The molecular weight excluding hydrogens is 239 g/mol. The lowest BCUT2D eigenvalue weighted by molar-refractivity contribution is -0.120. The standard InChI is InChI=1S/C17H19FO/c1-9-6-13(18)5-4-10(9)8-14(19)17-15-11-2-3-12(7-11)16(15)17/h4-6,11-12,15-17H,2-3,7-8H2,1H3. The zero-order valence-electron chi connectivity index (χ0n) is 11.2. The highest BCUT2D eigenvalue weighted by Gasteiger charge is 2.66. The minimum atomic E-state index is -0.213. The van der Waals surface area contributed by atoms with Gasteiger partial charge in [-0.15, -0.1) is 0 Å². The highest BCUT2D eigenvalue weighted by Crippen LogP contribution is 2.69. The number of aryl methyl sites for hydroxylation is 1. The molecule has 4 atom stereocenters. The quantitative estimate of drug-likeness (QED) is 0.810. The Labute approximate surface area is 113 Å². The molecule has 1 nitrogen and oxygen atoms in total. The van der Waals surface area contributed by atoms with Gasteiger partial charge < -0.3 is 0 Å². The Balaban J connectivity index is 1.48. The lowest BCUT2D eigenvalue weighted by Crippen LogP contribution is -2.13. The number of carbonyl (C=O) groups is 1. The topological polar surface area (TPSA) is 17.1 Å². The van der Waals surface area contributed by atoms with Crippen LogP contribution in [0.25, 0.3) is 0 Å². The number of ketones is 1. The number of rotatable bonds is 3. The molecule has 0 saturated heterocycles. The lowest BCUT2D eigenvalue weighted by atomic mass is 9.95. The predicted octanol–water partition coefficient (Wildman–Crippen LogP) is 3.54. The number of carbonyl (C=O) groups excluding carboxylic acids is 1. The highest BCUT2D eigenvalue weighted by atomic mass is 19.1. The Kier molecular flexibility index (Phi) is 2.39. The summed E-state index contributed by atoms with van der Waals surface area (Å²) in [7, 11) is 0. The first kappa shape index (κ1) is 11.6. The summed E-state index contributed by atoms with van der Waals surface area (Å²) in [6.07, 6.45) is 4.59. The largest absolute Gasteiger partial charge is 0.299 e. The molecule has 0 spiro atoms. The SMILES string of the molecule is Cc1cc(F)ccc1CC(=O)C1C2C3CCC(C3)C12. The van der Waals surface area contributed by atoms with E-state index in [4.69, 9.17) is 0 Å². The number of benzene rings is 1. The van der Waals surface area contributed by atoms with Crippen LogP contribution in [-0.4, -0.2) is 5.78 Å². The molecule has 0 radical (unpaired) electrons. The summed E-state index contributed by atoms with van der Waals surface area (Å²) >= 11 is 0. The Morgan fingerprint density at radius 2 is 1.95 bits per heavy atom. The van der Waals surface area contributed by atoms with Gasteiger partial charge in [0, 0.05) is 12.3 Å². The summed E-state index contributed by atoms with van der Waals surface area (Å²) in [4.78, 5) is 12.5. The minimum absolute atomic E-state index is 0.213. The van der Waals surface area contributed by atoms with E-state index < -0.39 is 0 Å². The summed E-state index contributed by atoms with van der Waals surface area (Å²) in [5.74, 6) is 3.66. The maximum atomic E-state index is 13.1. The van der Waals surface area contributed by atoms with Crippen molar-refractivity contribution in [3.8, 4) is 0 Å². The van der Waals surface area contributed by atoms with Gasteiger partial charge in [-0.25, -0.2) is 4.39 Å². The molecule has 2 heteroatoms. The second-order valence-electron chi connectivity index (χ2n) is 6.73. The van der Waals surface area contributed by atoms with Gasteiger partial charge in [-0.2, -0.15) is 0 Å². The van der Waals surface area contributed by atoms with Crippen molar-refractivity contribution in [1.82, 2.24) is 0 Å². The third kappa shape index (κ3) is 1.69. The van der Waals surface area contributed by atoms with Gasteiger partial charge in [-0.3, -0.25) is 4.79 Å². The van der Waals surface area contributed by atoms with Gasteiger partial charge in [0.1, 0.15) is 11.6 Å². The molecule has 3 aliphatic carbocycles. The first-order valence-electron chi connectivity index (χ1n) is 7.43. The summed E-state index contributed by atoms with van der Waals surface area (Å²) < 4.78 is 13.1. The number of fused-ring (bicyclic) bond motifs is 5. The van der Waals surface area contributed by atoms with Gasteiger partial charge in [-0.1, -0.05) is 6.07 Å². The van der Waals surface area contributed by atoms with Crippen molar-refractivity contribution < 1.29 is 9.18 Å². The second-order valence-corrected chi connectivity index (χ2v) is 6.73. The molecule has 0 heterocycles. The van der Waals surface area contributed by atoms with Crippen LogP contribution in [0.2, 0.25) is 0 Å². The number of hydrogen-bond acceptors (Lipinski definition) is 1. The third-order valence-corrected chi connectivity index (χ3v) is 5.78. The minimum Gasteiger partial charge on any atom is -0.299 e. The molecule has 4 unspecified atom stereocenters. The normalized spacial score (nSPS) is 38.3. The molecule has 0 N–H and O–H groups in total. The summed E-state index contributed by atoms with van der Waals surface area (Å²) in [5, 5.41) is 0. The van der Waals surface area contributed by atoms with Crippen molar-refractivity contribution in [2.24, 2.45) is 29.6 Å². The highest BCUT2D eigenvalue weighted by molar-refractivity contribution is 5.87. The Bertz CT molecular complexity index is 534. The van der Waals surface area contributed by atoms with Crippen molar-refractivity contribution in [1.29, 1.82) is 0 Å². The summed E-state index contributed by atoms with van der Waals surface area (Å²) in [6.45, 7) is 1.89. The van der Waals surface area contributed by atoms with Crippen molar-refractivity contribution in [2.45, 2.75) is 32.6 Å². The Morgan fingerprint density at radius 1 is 1.26 bits per heavy atom. The van der Waals surface area contributed by atoms with E-state index in [0.29, 0.717) is 30.0 Å². The van der Waals surface area contributed by atoms with E-state index in [2.05, 4.69) is 0 Å². The Morgan fingerprint density at radius 3 is 2.58 bits per heavy atom. The van der Waals surface area contributed by atoms with Crippen LogP contribution in [0.15, 0.2) is 18.2 Å². The van der Waals surface area contributed by atoms with Gasteiger partial charge in [0.2, 0.25) is 0 Å². The molecule has 4 rings (SSSR count). The van der Waals surface area contributed by atoms with Crippen LogP contribution in [0, 0.1) is 42.3 Å². The van der Waals surface area contributed by atoms with Crippen molar-refractivity contribution in [2.75, 3.05) is 0 Å². The van der Waals surface area contributed by atoms with Crippen LogP contribution in [0.5, 0.6) is 0 Å². The fourth-order valence-electron chi connectivity index (χ4n) is 4.92. The first-order valence-corrected chi connectivity index (χ1v) is 7.43. The Hall–Kier alpha value is -1.18. The van der Waals surface area contributed by atoms with Crippen LogP contribution in [0.4, 0.5) is 4.39 Å². The van der Waals surface area contributed by atoms with E-state index in [1.807, 2.05) is 6.92 Å². The van der Waals surface area contributed by atoms with Crippen LogP contribution < -0.4 is 0 Å². The molecule has 0 aromatic heterocycles. The van der Waals surface area contributed by atoms with E-state index in [-0.39, 0.29) is 5.82 Å². The van der Waals surface area contributed by atoms with Gasteiger partial charge >= 0.3 is 0 Å². The smallest absolute Gasteiger partial charge is 0.140 e. The molecule has 3 aliphatic rings. The van der Waals surface area contributed by atoms with Crippen molar-refractivity contribution in [3.63, 3.8) is 0 Å². The third-order valence-electron chi connectivity index (χ3n) is 5.78. The summed E-state index contributed by atoms with van der Waals surface area (Å²) in [5.41, 5.74) is 1.91. The molecule has 3 fully saturated rings. The van der Waals surface area contributed by atoms with Crippen LogP contribution in [0.3, 0.4) is 0 Å². The average molecular weight is 258 g/mol. The van der Waals surface area contributed by atoms with E-state index in [1.54, 1.807) is 6.07 Å². The molecule has 1 aromatic rings. The van der Waals surface area contributed by atoms with Crippen LogP contribution >= 0.6 is 0 Å². The maximum absolute atomic E-state index is 13.1. The average Bonchev–Trinajstić information content (AvgIpc) is 2.82. The van der Waals surface area contributed by atoms with Gasteiger partial charge in [0.15, 0.2) is 0 Å². The zero-order chi connectivity index (χ0) is 13.1. The molecule has 2 bridgehead atoms. The van der Waals surface area contributed by atoms with E-state index in [1.165, 1.54) is 31.4 Å². The maximum Gasteiger partial charge on any atom is 0.140 e. The molecule has 0 amide bonds.